The highest BCUT2D eigenvalue weighted by Gasteiger charge is 2.16. The van der Waals surface area contributed by atoms with Gasteiger partial charge >= 0.3 is 5.97 Å². The normalized spacial score (nSPS) is 10.9. The molecule has 0 rings (SSSR count). The first kappa shape index (κ1) is 14.2. The molecule has 0 aromatic heterocycles. The van der Waals surface area contributed by atoms with Crippen LogP contribution in [0.15, 0.2) is 0 Å². The van der Waals surface area contributed by atoms with E-state index in [1.807, 2.05) is 0 Å². The van der Waals surface area contributed by atoms with Gasteiger partial charge in [-0.1, -0.05) is 0 Å². The highest BCUT2D eigenvalue weighted by molar-refractivity contribution is 8.00. The molecular formula is C8H11N3O4S. The van der Waals surface area contributed by atoms with Gasteiger partial charge in [-0.05, 0) is 0 Å². The highest BCUT2D eigenvalue weighted by atomic mass is 32.2. The summed E-state index contributed by atoms with van der Waals surface area (Å²) in [6.07, 6.45) is 0.301. The fourth-order valence-electron chi connectivity index (χ4n) is 0.731. The van der Waals surface area contributed by atoms with Gasteiger partial charge in [-0.2, -0.15) is 5.26 Å². The first-order valence-electron chi connectivity index (χ1n) is 4.25. The summed E-state index contributed by atoms with van der Waals surface area (Å²) in [5.41, 5.74) is 0. The summed E-state index contributed by atoms with van der Waals surface area (Å²) < 4.78 is 0. The van der Waals surface area contributed by atoms with Gasteiger partial charge in [-0.15, -0.1) is 11.8 Å². The van der Waals surface area contributed by atoms with Crippen molar-refractivity contribution in [3.63, 3.8) is 0 Å². The number of carboxylic acids is 1. The molecule has 0 aliphatic carbocycles. The van der Waals surface area contributed by atoms with Crippen molar-refractivity contribution in [2.24, 2.45) is 0 Å². The zero-order chi connectivity index (χ0) is 12.4. The van der Waals surface area contributed by atoms with Gasteiger partial charge in [0.2, 0.25) is 12.3 Å². The molecule has 0 saturated carbocycles. The monoisotopic (exact) mass is 245 g/mol. The number of carbonyl (C=O) groups excluding carboxylic acids is 2. The molecule has 1 unspecified atom stereocenters. The zero-order valence-corrected chi connectivity index (χ0v) is 9.12. The molecule has 0 radical (unpaired) electrons. The number of nitrogens with zero attached hydrogens (tertiary/aromatic N) is 1. The van der Waals surface area contributed by atoms with E-state index in [0.29, 0.717) is 6.41 Å². The molecule has 2 amide bonds. The lowest BCUT2D eigenvalue weighted by atomic mass is 10.3. The Hall–Kier alpha value is -1.75. The van der Waals surface area contributed by atoms with Crippen LogP contribution in [0.25, 0.3) is 0 Å². The molecule has 0 saturated heterocycles. The number of nitriles is 1. The largest absolute Gasteiger partial charge is 0.480 e. The predicted octanol–water partition coefficient (Wildman–Crippen LogP) is -1.44. The van der Waals surface area contributed by atoms with Crippen molar-refractivity contribution >= 4 is 30.0 Å². The van der Waals surface area contributed by atoms with Crippen molar-refractivity contribution < 1.29 is 19.5 Å². The number of carbonyl (C=O) groups is 3. The van der Waals surface area contributed by atoms with Crippen LogP contribution in [0, 0.1) is 11.3 Å². The Labute approximate surface area is 96.2 Å². The maximum absolute atomic E-state index is 11.0. The maximum Gasteiger partial charge on any atom is 0.327 e. The average molecular weight is 245 g/mol. The third kappa shape index (κ3) is 6.67. The summed E-state index contributed by atoms with van der Waals surface area (Å²) in [4.78, 5) is 31.6. The average Bonchev–Trinajstić information content (AvgIpc) is 2.25. The van der Waals surface area contributed by atoms with Gasteiger partial charge in [0.15, 0.2) is 0 Å². The Balaban J connectivity index is 3.77. The molecule has 0 aliphatic heterocycles. The summed E-state index contributed by atoms with van der Waals surface area (Å²) in [6.45, 7) is -0.0751. The number of thioether (sulfide) groups is 1. The van der Waals surface area contributed by atoms with Gasteiger partial charge in [0.1, 0.15) is 12.6 Å². The Bertz CT molecular complexity index is 302. The van der Waals surface area contributed by atoms with Crippen molar-refractivity contribution in [1.82, 2.24) is 10.6 Å². The van der Waals surface area contributed by atoms with Crippen LogP contribution in [-0.2, 0) is 14.4 Å². The first-order chi connectivity index (χ1) is 7.61. The SMILES string of the molecule is N#CCNC(=O)CSCC(NC=O)C(=O)O. The molecule has 3 N–H and O–H groups in total. The Morgan fingerprint density at radius 3 is 2.75 bits per heavy atom. The van der Waals surface area contributed by atoms with E-state index in [1.165, 1.54) is 0 Å². The van der Waals surface area contributed by atoms with Crippen molar-refractivity contribution in [2.75, 3.05) is 18.1 Å². The van der Waals surface area contributed by atoms with Crippen molar-refractivity contribution in [3.8, 4) is 6.07 Å². The quantitative estimate of drug-likeness (QED) is 0.356. The standard InChI is InChI=1S/C8H11N3O4S/c9-1-2-10-7(13)4-16-3-6(8(14)15)11-5-12/h5-6H,2-4H2,(H,10,13)(H,11,12)(H,14,15). The lowest BCUT2D eigenvalue weighted by molar-refractivity contribution is -0.139. The fraction of sp³-hybridized carbons (Fsp3) is 0.500. The molecule has 16 heavy (non-hydrogen) atoms. The van der Waals surface area contributed by atoms with E-state index < -0.39 is 12.0 Å². The second-order valence-electron chi connectivity index (χ2n) is 2.63. The maximum atomic E-state index is 11.0. The molecule has 0 heterocycles. The molecule has 0 aromatic rings. The second-order valence-corrected chi connectivity index (χ2v) is 3.66. The molecule has 0 aromatic carbocycles. The summed E-state index contributed by atoms with van der Waals surface area (Å²) in [7, 11) is 0. The number of hydrogen-bond acceptors (Lipinski definition) is 5. The van der Waals surface area contributed by atoms with E-state index in [9.17, 15) is 14.4 Å². The minimum absolute atomic E-state index is 0.0476. The van der Waals surface area contributed by atoms with Crippen molar-refractivity contribution in [1.29, 1.82) is 5.26 Å². The first-order valence-corrected chi connectivity index (χ1v) is 5.41. The van der Waals surface area contributed by atoms with Crippen LogP contribution in [0.3, 0.4) is 0 Å². The van der Waals surface area contributed by atoms with Crippen LogP contribution in [0.2, 0.25) is 0 Å². The number of rotatable bonds is 8. The number of amides is 2. The molecule has 88 valence electrons. The third-order valence-corrected chi connectivity index (χ3v) is 2.48. The summed E-state index contributed by atoms with van der Waals surface area (Å²) in [5, 5.41) is 21.2. The molecule has 0 spiro atoms. The number of aliphatic carboxylic acids is 1. The van der Waals surface area contributed by atoms with Crippen molar-refractivity contribution in [2.45, 2.75) is 6.04 Å². The molecule has 1 atom stereocenters. The Kier molecular flexibility index (Phi) is 7.61. The van der Waals surface area contributed by atoms with Gasteiger partial charge < -0.3 is 15.7 Å². The van der Waals surface area contributed by atoms with Crippen LogP contribution in [-0.4, -0.2) is 47.5 Å². The van der Waals surface area contributed by atoms with E-state index in [0.717, 1.165) is 11.8 Å². The number of nitrogens with one attached hydrogen (secondary N) is 2. The Morgan fingerprint density at radius 2 is 2.25 bits per heavy atom. The van der Waals surface area contributed by atoms with Gasteiger partial charge in [0.05, 0.1) is 11.8 Å². The molecule has 0 bridgehead atoms. The molecule has 0 fully saturated rings. The van der Waals surface area contributed by atoms with Gasteiger partial charge in [0, 0.05) is 5.75 Å². The Morgan fingerprint density at radius 1 is 1.56 bits per heavy atom. The van der Waals surface area contributed by atoms with E-state index in [4.69, 9.17) is 10.4 Å². The summed E-state index contributed by atoms with van der Waals surface area (Å²) in [6, 6.07) is 0.734. The van der Waals surface area contributed by atoms with Crippen LogP contribution in [0.5, 0.6) is 0 Å². The lowest BCUT2D eigenvalue weighted by Crippen LogP contribution is -2.38. The second kappa shape index (κ2) is 8.55. The molecule has 7 nitrogen and oxygen atoms in total. The number of hydrogen-bond donors (Lipinski definition) is 3. The van der Waals surface area contributed by atoms with Gasteiger partial charge in [-0.25, -0.2) is 4.79 Å². The molecular weight excluding hydrogens is 234 g/mol. The van der Waals surface area contributed by atoms with E-state index >= 15 is 0 Å². The number of carboxylic acid groups (broad SMARTS) is 1. The van der Waals surface area contributed by atoms with E-state index in [-0.39, 0.29) is 24.0 Å². The smallest absolute Gasteiger partial charge is 0.327 e. The topological polar surface area (TPSA) is 119 Å². The van der Waals surface area contributed by atoms with E-state index in [1.54, 1.807) is 6.07 Å². The summed E-state index contributed by atoms with van der Waals surface area (Å²) >= 11 is 1.06. The lowest BCUT2D eigenvalue weighted by Gasteiger charge is -2.09. The fourth-order valence-corrected chi connectivity index (χ4v) is 1.61. The van der Waals surface area contributed by atoms with Crippen LogP contribution < -0.4 is 10.6 Å². The van der Waals surface area contributed by atoms with E-state index in [2.05, 4.69) is 10.6 Å². The molecule has 8 heteroatoms. The predicted molar refractivity (Wildman–Crippen MR) is 56.6 cm³/mol. The zero-order valence-electron chi connectivity index (χ0n) is 8.30. The van der Waals surface area contributed by atoms with Crippen molar-refractivity contribution in [3.05, 3.63) is 0 Å². The minimum Gasteiger partial charge on any atom is -0.480 e. The van der Waals surface area contributed by atoms with Crippen LogP contribution in [0.1, 0.15) is 0 Å². The van der Waals surface area contributed by atoms with Crippen LogP contribution >= 0.6 is 11.8 Å². The van der Waals surface area contributed by atoms with Gasteiger partial charge in [0.25, 0.3) is 0 Å². The van der Waals surface area contributed by atoms with Crippen LogP contribution in [0.4, 0.5) is 0 Å². The molecule has 0 aliphatic rings. The minimum atomic E-state index is -1.16. The third-order valence-electron chi connectivity index (χ3n) is 1.45. The highest BCUT2D eigenvalue weighted by Crippen LogP contribution is 2.02. The van der Waals surface area contributed by atoms with Gasteiger partial charge in [-0.3, -0.25) is 9.59 Å². The summed E-state index contributed by atoms with van der Waals surface area (Å²) in [5.74, 6) is -1.36.